The zero-order chi connectivity index (χ0) is 22.5. The van der Waals surface area contributed by atoms with Gasteiger partial charge in [0, 0.05) is 14.8 Å². The van der Waals surface area contributed by atoms with Crippen molar-refractivity contribution in [3.63, 3.8) is 0 Å². The Morgan fingerprint density at radius 1 is 0.968 bits per heavy atom. The average molecular weight is 541 g/mol. The molecule has 2 unspecified atom stereocenters. The summed E-state index contributed by atoms with van der Waals surface area (Å²) in [6, 6.07) is 8.91. The minimum atomic E-state index is -0.137. The molecule has 2 saturated carbocycles. The van der Waals surface area contributed by atoms with Crippen molar-refractivity contribution in [2.24, 2.45) is 17.3 Å². The number of alkyl halides is 1. The first-order valence-electron chi connectivity index (χ1n) is 12.8. The highest BCUT2D eigenvalue weighted by molar-refractivity contribution is 14.1. The second-order valence-electron chi connectivity index (χ2n) is 11.4. The molecule has 0 saturated heterocycles. The van der Waals surface area contributed by atoms with Gasteiger partial charge in [-0.15, -0.1) is 0 Å². The summed E-state index contributed by atoms with van der Waals surface area (Å²) in [6.45, 7) is 12.6. The highest BCUT2D eigenvalue weighted by atomic mass is 127. The normalized spacial score (nSPS) is 22.3. The highest BCUT2D eigenvalue weighted by Crippen LogP contribution is 2.43. The number of hydrogen-bond donors (Lipinski definition) is 0. The fraction of sp³-hybridized carbons (Fsp3) is 0.786. The van der Waals surface area contributed by atoms with E-state index in [9.17, 15) is 0 Å². The molecule has 2 fully saturated rings. The molecule has 3 rings (SSSR count). The summed E-state index contributed by atoms with van der Waals surface area (Å²) in [5, 5.41) is 0. The molecule has 1 aromatic carbocycles. The van der Waals surface area contributed by atoms with E-state index in [1.807, 2.05) is 0 Å². The lowest BCUT2D eigenvalue weighted by Crippen LogP contribution is -2.41. The molecule has 0 radical (unpaired) electrons. The molecule has 176 valence electrons. The van der Waals surface area contributed by atoms with E-state index in [-0.39, 0.29) is 15.1 Å². The van der Waals surface area contributed by atoms with Crippen LogP contribution in [-0.2, 0) is 4.74 Å². The molecule has 0 aliphatic heterocycles. The van der Waals surface area contributed by atoms with Crippen LogP contribution in [-0.4, -0.2) is 16.3 Å². The van der Waals surface area contributed by atoms with Crippen LogP contribution >= 0.6 is 22.6 Å². The first kappa shape index (κ1) is 25.3. The van der Waals surface area contributed by atoms with Gasteiger partial charge in [-0.05, 0) is 55.2 Å². The molecule has 2 aliphatic rings. The first-order valence-corrected chi connectivity index (χ1v) is 13.8. The lowest BCUT2D eigenvalue weighted by Gasteiger charge is -2.40. The third-order valence-electron chi connectivity index (χ3n) is 7.66. The molecule has 1 aromatic rings. The molecule has 0 bridgehead atoms. The van der Waals surface area contributed by atoms with Gasteiger partial charge in [0.1, 0.15) is 5.75 Å². The fourth-order valence-electron chi connectivity index (χ4n) is 6.00. The molecule has 0 N–H and O–H groups in total. The second-order valence-corrected chi connectivity index (χ2v) is 14.1. The first-order chi connectivity index (χ1) is 14.7. The van der Waals surface area contributed by atoms with Gasteiger partial charge in [-0.1, -0.05) is 108 Å². The Balaban J connectivity index is 1.72. The Labute approximate surface area is 205 Å². The van der Waals surface area contributed by atoms with Crippen LogP contribution in [0.15, 0.2) is 24.3 Å². The topological polar surface area (TPSA) is 18.5 Å². The van der Waals surface area contributed by atoms with E-state index in [0.717, 1.165) is 12.4 Å². The van der Waals surface area contributed by atoms with E-state index >= 15 is 0 Å². The van der Waals surface area contributed by atoms with Gasteiger partial charge in [0.2, 0.25) is 6.29 Å². The number of hydrogen-bond acceptors (Lipinski definition) is 2. The highest BCUT2D eigenvalue weighted by Gasteiger charge is 2.39. The number of ether oxygens (including phenoxy) is 2. The van der Waals surface area contributed by atoms with Crippen LogP contribution in [0.3, 0.4) is 0 Å². The Morgan fingerprint density at radius 3 is 2.10 bits per heavy atom. The van der Waals surface area contributed by atoms with Crippen molar-refractivity contribution < 1.29 is 9.47 Å². The third kappa shape index (κ3) is 7.09. The maximum atomic E-state index is 6.60. The summed E-state index contributed by atoms with van der Waals surface area (Å²) in [4.78, 5) is 0. The van der Waals surface area contributed by atoms with Crippen molar-refractivity contribution in [2.45, 2.75) is 114 Å². The van der Waals surface area contributed by atoms with Crippen LogP contribution in [0.4, 0.5) is 0 Å². The van der Waals surface area contributed by atoms with Crippen molar-refractivity contribution in [1.82, 2.24) is 0 Å². The lowest BCUT2D eigenvalue weighted by atomic mass is 9.75. The van der Waals surface area contributed by atoms with Crippen LogP contribution in [0.25, 0.3) is 0 Å². The Kier molecular flexibility index (Phi) is 9.17. The van der Waals surface area contributed by atoms with Crippen molar-refractivity contribution in [3.8, 4) is 5.75 Å². The van der Waals surface area contributed by atoms with Gasteiger partial charge < -0.3 is 9.47 Å². The van der Waals surface area contributed by atoms with E-state index in [2.05, 4.69) is 81.5 Å². The smallest absolute Gasteiger partial charge is 0.205 e. The summed E-state index contributed by atoms with van der Waals surface area (Å²) in [5.41, 5.74) is 1.53. The molecule has 3 heteroatoms. The van der Waals surface area contributed by atoms with E-state index in [4.69, 9.17) is 9.47 Å². The van der Waals surface area contributed by atoms with Crippen LogP contribution < -0.4 is 4.74 Å². The standard InChI is InChI=1S/C28H45IO2/c1-21(2)25(27(3,4)29)23-14-16-24(17-15-23)31-26(28(5)18-10-7-11-19-28)30-20-22-12-8-6-9-13-22/h14-17,21-22,25-26H,6-13,18-20H2,1-5H3. The minimum Gasteiger partial charge on any atom is -0.464 e. The third-order valence-corrected chi connectivity index (χ3v) is 8.33. The maximum Gasteiger partial charge on any atom is 0.205 e. The summed E-state index contributed by atoms with van der Waals surface area (Å²) >= 11 is 2.60. The quantitative estimate of drug-likeness (QED) is 0.177. The maximum absolute atomic E-state index is 6.60. The number of benzene rings is 1. The van der Waals surface area contributed by atoms with Gasteiger partial charge in [0.15, 0.2) is 0 Å². The molecule has 0 amide bonds. The molecule has 2 atom stereocenters. The summed E-state index contributed by atoms with van der Waals surface area (Å²) in [6.07, 6.45) is 13.0. The van der Waals surface area contributed by atoms with E-state index in [1.54, 1.807) is 0 Å². The minimum absolute atomic E-state index is 0.121. The predicted molar refractivity (Wildman–Crippen MR) is 140 cm³/mol. The van der Waals surface area contributed by atoms with Gasteiger partial charge in [-0.3, -0.25) is 0 Å². The van der Waals surface area contributed by atoms with Crippen LogP contribution in [0.1, 0.15) is 110 Å². The summed E-state index contributed by atoms with van der Waals surface area (Å²) in [7, 11) is 0. The Bertz CT molecular complexity index is 649. The number of rotatable bonds is 9. The molecule has 0 spiro atoms. The largest absolute Gasteiger partial charge is 0.464 e. The molecule has 2 nitrogen and oxygen atoms in total. The number of halogens is 1. The molecule has 2 aliphatic carbocycles. The van der Waals surface area contributed by atoms with Crippen LogP contribution in [0.2, 0.25) is 0 Å². The fourth-order valence-corrected chi connectivity index (χ4v) is 7.08. The molecule has 0 aromatic heterocycles. The van der Waals surface area contributed by atoms with Gasteiger partial charge in [-0.25, -0.2) is 0 Å². The molecular weight excluding hydrogens is 495 g/mol. The van der Waals surface area contributed by atoms with Crippen LogP contribution in [0.5, 0.6) is 5.75 Å². The SMILES string of the molecule is CC(C)C(c1ccc(OC(OCC2CCCCC2)C2(C)CCCCC2)cc1)C(C)(C)I. The van der Waals surface area contributed by atoms with Crippen molar-refractivity contribution >= 4 is 22.6 Å². The summed E-state index contributed by atoms with van der Waals surface area (Å²) in [5.74, 6) is 2.80. The summed E-state index contributed by atoms with van der Waals surface area (Å²) < 4.78 is 13.4. The van der Waals surface area contributed by atoms with Crippen molar-refractivity contribution in [1.29, 1.82) is 0 Å². The lowest BCUT2D eigenvalue weighted by molar-refractivity contribution is -0.171. The molecule has 0 heterocycles. The zero-order valence-corrected chi connectivity index (χ0v) is 22.7. The average Bonchev–Trinajstić information content (AvgIpc) is 2.72. The monoisotopic (exact) mass is 540 g/mol. The molecule has 31 heavy (non-hydrogen) atoms. The van der Waals surface area contributed by atoms with Gasteiger partial charge in [0.25, 0.3) is 0 Å². The second kappa shape index (κ2) is 11.2. The van der Waals surface area contributed by atoms with E-state index < -0.39 is 0 Å². The van der Waals surface area contributed by atoms with Gasteiger partial charge in [-0.2, -0.15) is 0 Å². The Hall–Kier alpha value is -0.290. The Morgan fingerprint density at radius 2 is 1.55 bits per heavy atom. The van der Waals surface area contributed by atoms with Gasteiger partial charge in [0.05, 0.1) is 6.61 Å². The van der Waals surface area contributed by atoms with E-state index in [0.29, 0.717) is 17.8 Å². The van der Waals surface area contributed by atoms with E-state index in [1.165, 1.54) is 69.8 Å². The molecular formula is C28H45IO2. The van der Waals surface area contributed by atoms with Gasteiger partial charge >= 0.3 is 0 Å². The van der Waals surface area contributed by atoms with Crippen molar-refractivity contribution in [3.05, 3.63) is 29.8 Å². The van der Waals surface area contributed by atoms with Crippen molar-refractivity contribution in [2.75, 3.05) is 6.61 Å². The zero-order valence-electron chi connectivity index (χ0n) is 20.6. The van der Waals surface area contributed by atoms with Crippen LogP contribution in [0, 0.1) is 17.3 Å². The predicted octanol–water partition coefficient (Wildman–Crippen LogP) is 8.91.